The van der Waals surface area contributed by atoms with Crippen LogP contribution in [0, 0.1) is 13.8 Å². The third-order valence-corrected chi connectivity index (χ3v) is 3.54. The van der Waals surface area contributed by atoms with Crippen LogP contribution in [-0.4, -0.2) is 16.6 Å². The van der Waals surface area contributed by atoms with Crippen LogP contribution in [0.1, 0.15) is 34.4 Å². The number of aliphatic hydroxyl groups is 1. The molecule has 0 radical (unpaired) electrons. The number of nitrogens with zero attached hydrogens (tertiary/aromatic N) is 1. The molecule has 3 N–H and O–H groups in total. The van der Waals surface area contributed by atoms with Gasteiger partial charge in [-0.25, -0.2) is 0 Å². The molecule has 3 nitrogen and oxygen atoms in total. The molecule has 2 atom stereocenters. The van der Waals surface area contributed by atoms with E-state index in [1.165, 1.54) is 0 Å². The van der Waals surface area contributed by atoms with Crippen molar-refractivity contribution >= 4 is 0 Å². The van der Waals surface area contributed by atoms with Crippen molar-refractivity contribution in [2.75, 3.05) is 6.54 Å². The maximum atomic E-state index is 10.7. The van der Waals surface area contributed by atoms with E-state index in [2.05, 4.69) is 4.98 Å². The second kappa shape index (κ2) is 5.95. The van der Waals surface area contributed by atoms with E-state index in [9.17, 15) is 5.11 Å². The summed E-state index contributed by atoms with van der Waals surface area (Å²) >= 11 is 0. The van der Waals surface area contributed by atoms with Crippen LogP contribution < -0.4 is 5.73 Å². The summed E-state index contributed by atoms with van der Waals surface area (Å²) < 4.78 is 0. The van der Waals surface area contributed by atoms with Crippen LogP contribution in [0.25, 0.3) is 0 Å². The van der Waals surface area contributed by atoms with E-state index in [1.807, 2.05) is 50.2 Å². The van der Waals surface area contributed by atoms with Crippen molar-refractivity contribution in [2.45, 2.75) is 25.9 Å². The first-order valence-corrected chi connectivity index (χ1v) is 6.50. The molecule has 3 heteroatoms. The number of rotatable bonds is 4. The van der Waals surface area contributed by atoms with Gasteiger partial charge < -0.3 is 10.8 Å². The van der Waals surface area contributed by atoms with Gasteiger partial charge in [0, 0.05) is 24.4 Å². The second-order valence-electron chi connectivity index (χ2n) is 4.85. The zero-order valence-corrected chi connectivity index (χ0v) is 11.4. The number of hydrogen-bond acceptors (Lipinski definition) is 3. The molecule has 0 aliphatic carbocycles. The van der Waals surface area contributed by atoms with E-state index >= 15 is 0 Å². The van der Waals surface area contributed by atoms with Gasteiger partial charge in [-0.15, -0.1) is 0 Å². The third kappa shape index (κ3) is 2.83. The maximum absolute atomic E-state index is 10.7. The first-order chi connectivity index (χ1) is 9.15. The van der Waals surface area contributed by atoms with E-state index in [0.29, 0.717) is 6.54 Å². The molecule has 0 saturated heterocycles. The molecule has 1 heterocycles. The van der Waals surface area contributed by atoms with Gasteiger partial charge >= 0.3 is 0 Å². The van der Waals surface area contributed by atoms with Crippen LogP contribution in [0.4, 0.5) is 0 Å². The maximum Gasteiger partial charge on any atom is 0.0890 e. The van der Waals surface area contributed by atoms with Gasteiger partial charge in [0.15, 0.2) is 0 Å². The van der Waals surface area contributed by atoms with Gasteiger partial charge in [0.25, 0.3) is 0 Å². The summed E-state index contributed by atoms with van der Waals surface area (Å²) in [4.78, 5) is 4.32. The van der Waals surface area contributed by atoms with Crippen LogP contribution >= 0.6 is 0 Å². The number of aliphatic hydroxyl groups excluding tert-OH is 1. The normalized spacial score (nSPS) is 14.1. The van der Waals surface area contributed by atoms with Crippen molar-refractivity contribution in [3.05, 3.63) is 65.0 Å². The molecule has 2 aromatic rings. The van der Waals surface area contributed by atoms with E-state index in [-0.39, 0.29) is 5.92 Å². The Kier molecular flexibility index (Phi) is 4.30. The minimum atomic E-state index is -0.624. The smallest absolute Gasteiger partial charge is 0.0890 e. The molecular weight excluding hydrogens is 236 g/mol. The van der Waals surface area contributed by atoms with Crippen molar-refractivity contribution in [1.82, 2.24) is 4.98 Å². The summed E-state index contributed by atoms with van der Waals surface area (Å²) in [6.45, 7) is 4.39. The lowest BCUT2D eigenvalue weighted by atomic mass is 9.87. The molecule has 1 aromatic heterocycles. The molecule has 0 aliphatic rings. The Morgan fingerprint density at radius 2 is 1.79 bits per heavy atom. The van der Waals surface area contributed by atoms with Crippen LogP contribution in [-0.2, 0) is 0 Å². The molecule has 0 saturated carbocycles. The molecular formula is C16H20N2O. The van der Waals surface area contributed by atoms with E-state index in [1.54, 1.807) is 6.20 Å². The highest BCUT2D eigenvalue weighted by Crippen LogP contribution is 2.32. The number of nitrogens with two attached hydrogens (primary N) is 1. The highest BCUT2D eigenvalue weighted by Gasteiger charge is 2.24. The van der Waals surface area contributed by atoms with E-state index in [0.717, 1.165) is 22.4 Å². The molecule has 0 spiro atoms. The zero-order chi connectivity index (χ0) is 13.8. The number of aryl methyl sites for hydroxylation is 2. The van der Waals surface area contributed by atoms with Gasteiger partial charge in [0.1, 0.15) is 0 Å². The first-order valence-electron chi connectivity index (χ1n) is 6.50. The summed E-state index contributed by atoms with van der Waals surface area (Å²) in [6.07, 6.45) is 1.11. The summed E-state index contributed by atoms with van der Waals surface area (Å²) in [5, 5.41) is 10.7. The fraction of sp³-hybridized carbons (Fsp3) is 0.312. The predicted molar refractivity (Wildman–Crippen MR) is 76.9 cm³/mol. The summed E-state index contributed by atoms with van der Waals surface area (Å²) in [6, 6.07) is 11.7. The summed E-state index contributed by atoms with van der Waals surface area (Å²) in [5.74, 6) is -0.180. The fourth-order valence-corrected chi connectivity index (χ4v) is 2.50. The lowest BCUT2D eigenvalue weighted by Crippen LogP contribution is -2.22. The van der Waals surface area contributed by atoms with Gasteiger partial charge in [0.05, 0.1) is 6.10 Å². The highest BCUT2D eigenvalue weighted by atomic mass is 16.3. The first kappa shape index (κ1) is 13.7. The van der Waals surface area contributed by atoms with Crippen molar-refractivity contribution in [3.8, 4) is 0 Å². The summed E-state index contributed by atoms with van der Waals surface area (Å²) in [7, 11) is 0. The molecule has 0 amide bonds. The van der Waals surface area contributed by atoms with Crippen LogP contribution in [0.2, 0.25) is 0 Å². The van der Waals surface area contributed by atoms with Crippen molar-refractivity contribution < 1.29 is 5.11 Å². The van der Waals surface area contributed by atoms with Crippen molar-refractivity contribution in [3.63, 3.8) is 0 Å². The second-order valence-corrected chi connectivity index (χ2v) is 4.85. The van der Waals surface area contributed by atoms with Gasteiger partial charge in [-0.05, 0) is 42.7 Å². The van der Waals surface area contributed by atoms with Crippen molar-refractivity contribution in [2.24, 2.45) is 5.73 Å². The molecule has 2 unspecified atom stereocenters. The topological polar surface area (TPSA) is 59.1 Å². The molecule has 1 aromatic carbocycles. The van der Waals surface area contributed by atoms with Gasteiger partial charge in [-0.2, -0.15) is 0 Å². The minimum absolute atomic E-state index is 0.180. The standard InChI is InChI=1S/C16H20N2O/c1-11-6-5-7-12(2)15(11)16(19)13(10-17)14-8-3-4-9-18-14/h3-9,13,16,19H,10,17H2,1-2H3. The molecule has 0 bridgehead atoms. The monoisotopic (exact) mass is 256 g/mol. The lowest BCUT2D eigenvalue weighted by molar-refractivity contribution is 0.144. The average Bonchev–Trinajstić information content (AvgIpc) is 2.40. The van der Waals surface area contributed by atoms with Gasteiger partial charge in [0.2, 0.25) is 0 Å². The van der Waals surface area contributed by atoms with E-state index in [4.69, 9.17) is 5.73 Å². The number of aromatic nitrogens is 1. The zero-order valence-electron chi connectivity index (χ0n) is 11.4. The molecule has 0 aliphatic heterocycles. The van der Waals surface area contributed by atoms with Crippen LogP contribution in [0.15, 0.2) is 42.6 Å². The quantitative estimate of drug-likeness (QED) is 0.883. The highest BCUT2D eigenvalue weighted by molar-refractivity contribution is 5.37. The molecule has 0 fully saturated rings. The molecule has 19 heavy (non-hydrogen) atoms. The Balaban J connectivity index is 2.39. The average molecular weight is 256 g/mol. The van der Waals surface area contributed by atoms with Crippen LogP contribution in [0.3, 0.4) is 0 Å². The SMILES string of the molecule is Cc1cccc(C)c1C(O)C(CN)c1ccccn1. The Hall–Kier alpha value is -1.71. The van der Waals surface area contributed by atoms with E-state index < -0.39 is 6.10 Å². The lowest BCUT2D eigenvalue weighted by Gasteiger charge is -2.24. The van der Waals surface area contributed by atoms with Gasteiger partial charge in [-0.3, -0.25) is 4.98 Å². The van der Waals surface area contributed by atoms with Gasteiger partial charge in [-0.1, -0.05) is 24.3 Å². The molecule has 2 rings (SSSR count). The Morgan fingerprint density at radius 1 is 1.11 bits per heavy atom. The number of pyridine rings is 1. The predicted octanol–water partition coefficient (Wildman–Crippen LogP) is 2.47. The Labute approximate surface area is 114 Å². The van der Waals surface area contributed by atoms with Crippen LogP contribution in [0.5, 0.6) is 0 Å². The Bertz CT molecular complexity index is 519. The van der Waals surface area contributed by atoms with Crippen molar-refractivity contribution in [1.29, 1.82) is 0 Å². The third-order valence-electron chi connectivity index (χ3n) is 3.54. The number of benzene rings is 1. The summed E-state index contributed by atoms with van der Waals surface area (Å²) in [5.41, 5.74) is 9.81. The number of hydrogen-bond donors (Lipinski definition) is 2. The Morgan fingerprint density at radius 3 is 2.32 bits per heavy atom. The minimum Gasteiger partial charge on any atom is -0.388 e. The molecule has 100 valence electrons. The fourth-order valence-electron chi connectivity index (χ4n) is 2.50. The largest absolute Gasteiger partial charge is 0.388 e.